The SMILES string of the molecule is CC.CCC(=NC)c1ccccc1. The van der Waals surface area contributed by atoms with Crippen molar-refractivity contribution in [3.8, 4) is 0 Å². The van der Waals surface area contributed by atoms with Gasteiger partial charge >= 0.3 is 0 Å². The van der Waals surface area contributed by atoms with Gasteiger partial charge in [-0.3, -0.25) is 4.99 Å². The van der Waals surface area contributed by atoms with Gasteiger partial charge in [-0.05, 0) is 12.0 Å². The Kier molecular flexibility index (Phi) is 6.89. The number of hydrogen-bond donors (Lipinski definition) is 0. The zero-order valence-electron chi connectivity index (χ0n) is 9.04. The predicted octanol–water partition coefficient (Wildman–Crippen LogP) is 3.54. The van der Waals surface area contributed by atoms with E-state index in [-0.39, 0.29) is 0 Å². The Morgan fingerprint density at radius 3 is 2.08 bits per heavy atom. The number of aliphatic imine (C=N–C) groups is 1. The fraction of sp³-hybridized carbons (Fsp3) is 0.417. The second-order valence-electron chi connectivity index (χ2n) is 2.39. The topological polar surface area (TPSA) is 12.4 Å². The molecule has 0 saturated carbocycles. The molecule has 0 bridgehead atoms. The normalized spacial score (nSPS) is 10.3. The van der Waals surface area contributed by atoms with Gasteiger partial charge in [-0.15, -0.1) is 0 Å². The van der Waals surface area contributed by atoms with Crippen LogP contribution in [0.2, 0.25) is 0 Å². The minimum absolute atomic E-state index is 1.00. The third-order valence-electron chi connectivity index (χ3n) is 1.71. The molecule has 0 amide bonds. The van der Waals surface area contributed by atoms with E-state index in [4.69, 9.17) is 0 Å². The van der Waals surface area contributed by atoms with Crippen molar-refractivity contribution in [1.82, 2.24) is 0 Å². The molecule has 0 unspecified atom stereocenters. The standard InChI is InChI=1S/C10H13N.C2H6/c1-3-10(11-2)9-7-5-4-6-8-9;1-2/h4-8H,3H2,1-2H3;1-2H3. The Morgan fingerprint density at radius 1 is 1.15 bits per heavy atom. The molecule has 0 spiro atoms. The van der Waals surface area contributed by atoms with Gasteiger partial charge in [0.05, 0.1) is 0 Å². The van der Waals surface area contributed by atoms with Crippen LogP contribution in [0.15, 0.2) is 35.3 Å². The predicted molar refractivity (Wildman–Crippen MR) is 60.5 cm³/mol. The fourth-order valence-electron chi connectivity index (χ4n) is 1.12. The molecule has 0 aromatic heterocycles. The summed E-state index contributed by atoms with van der Waals surface area (Å²) in [6.45, 7) is 6.12. The van der Waals surface area contributed by atoms with Gasteiger partial charge in [0.25, 0.3) is 0 Å². The molecule has 72 valence electrons. The van der Waals surface area contributed by atoms with Crippen molar-refractivity contribution in [3.63, 3.8) is 0 Å². The van der Waals surface area contributed by atoms with Crippen LogP contribution in [0.4, 0.5) is 0 Å². The second kappa shape index (κ2) is 7.53. The highest BCUT2D eigenvalue weighted by Crippen LogP contribution is 2.03. The molecule has 0 aliphatic carbocycles. The summed E-state index contributed by atoms with van der Waals surface area (Å²) < 4.78 is 0. The van der Waals surface area contributed by atoms with E-state index >= 15 is 0 Å². The van der Waals surface area contributed by atoms with E-state index in [2.05, 4.69) is 24.0 Å². The maximum atomic E-state index is 4.19. The molecular formula is C12H19N. The van der Waals surface area contributed by atoms with E-state index in [0.717, 1.165) is 6.42 Å². The molecule has 1 heteroatoms. The molecule has 0 atom stereocenters. The van der Waals surface area contributed by atoms with Crippen molar-refractivity contribution >= 4 is 5.71 Å². The molecule has 1 nitrogen and oxygen atoms in total. The average molecular weight is 177 g/mol. The summed E-state index contributed by atoms with van der Waals surface area (Å²) in [4.78, 5) is 4.19. The summed E-state index contributed by atoms with van der Waals surface area (Å²) in [7, 11) is 1.84. The van der Waals surface area contributed by atoms with Crippen molar-refractivity contribution in [3.05, 3.63) is 35.9 Å². The molecule has 0 heterocycles. The van der Waals surface area contributed by atoms with Crippen LogP contribution < -0.4 is 0 Å². The zero-order chi connectivity index (χ0) is 10.1. The minimum atomic E-state index is 1.00. The highest BCUT2D eigenvalue weighted by Gasteiger charge is 1.95. The van der Waals surface area contributed by atoms with Crippen molar-refractivity contribution in [2.45, 2.75) is 27.2 Å². The van der Waals surface area contributed by atoms with E-state index in [1.165, 1.54) is 11.3 Å². The van der Waals surface area contributed by atoms with Crippen LogP contribution in [-0.2, 0) is 0 Å². The molecule has 0 N–H and O–H groups in total. The van der Waals surface area contributed by atoms with Crippen molar-refractivity contribution in [2.24, 2.45) is 4.99 Å². The molecule has 0 aliphatic heterocycles. The number of hydrogen-bond acceptors (Lipinski definition) is 1. The second-order valence-corrected chi connectivity index (χ2v) is 2.39. The lowest BCUT2D eigenvalue weighted by Crippen LogP contribution is -1.97. The third kappa shape index (κ3) is 3.88. The summed E-state index contributed by atoms with van der Waals surface area (Å²) in [5, 5.41) is 0. The van der Waals surface area contributed by atoms with Crippen LogP contribution in [0.5, 0.6) is 0 Å². The first-order valence-corrected chi connectivity index (χ1v) is 4.89. The first-order valence-electron chi connectivity index (χ1n) is 4.89. The van der Waals surface area contributed by atoms with Crippen LogP contribution >= 0.6 is 0 Å². The van der Waals surface area contributed by atoms with E-state index in [1.54, 1.807) is 0 Å². The van der Waals surface area contributed by atoms with E-state index in [1.807, 2.05) is 39.1 Å². The number of nitrogens with zero attached hydrogens (tertiary/aromatic N) is 1. The third-order valence-corrected chi connectivity index (χ3v) is 1.71. The van der Waals surface area contributed by atoms with Crippen LogP contribution in [-0.4, -0.2) is 12.8 Å². The smallest absolute Gasteiger partial charge is 0.0414 e. The molecule has 1 rings (SSSR count). The van der Waals surface area contributed by atoms with Crippen molar-refractivity contribution in [1.29, 1.82) is 0 Å². The summed E-state index contributed by atoms with van der Waals surface area (Å²) >= 11 is 0. The van der Waals surface area contributed by atoms with Gasteiger partial charge in [-0.2, -0.15) is 0 Å². The molecule has 0 fully saturated rings. The summed E-state index contributed by atoms with van der Waals surface area (Å²) in [6, 6.07) is 10.3. The minimum Gasteiger partial charge on any atom is -0.292 e. The molecule has 0 aliphatic rings. The Hall–Kier alpha value is -1.11. The van der Waals surface area contributed by atoms with Crippen molar-refractivity contribution in [2.75, 3.05) is 7.05 Å². The van der Waals surface area contributed by atoms with E-state index in [0.29, 0.717) is 0 Å². The number of benzene rings is 1. The maximum absolute atomic E-state index is 4.19. The van der Waals surface area contributed by atoms with E-state index < -0.39 is 0 Å². The van der Waals surface area contributed by atoms with Gasteiger partial charge in [0.1, 0.15) is 0 Å². The monoisotopic (exact) mass is 177 g/mol. The first kappa shape index (κ1) is 11.9. The highest BCUT2D eigenvalue weighted by molar-refractivity contribution is 6.00. The van der Waals surface area contributed by atoms with Crippen LogP contribution in [0.1, 0.15) is 32.8 Å². The molecule has 1 aromatic rings. The van der Waals surface area contributed by atoms with Gasteiger partial charge in [-0.1, -0.05) is 51.1 Å². The molecule has 0 saturated heterocycles. The van der Waals surface area contributed by atoms with Gasteiger partial charge in [0, 0.05) is 12.8 Å². The Balaban J connectivity index is 0.000000671. The molecular weight excluding hydrogens is 158 g/mol. The summed E-state index contributed by atoms with van der Waals surface area (Å²) in [5.41, 5.74) is 2.41. The first-order chi connectivity index (χ1) is 6.38. The summed E-state index contributed by atoms with van der Waals surface area (Å²) in [5.74, 6) is 0. The maximum Gasteiger partial charge on any atom is 0.0414 e. The lowest BCUT2D eigenvalue weighted by molar-refractivity contribution is 1.24. The van der Waals surface area contributed by atoms with E-state index in [9.17, 15) is 0 Å². The lowest BCUT2D eigenvalue weighted by Gasteiger charge is -2.00. The van der Waals surface area contributed by atoms with Crippen molar-refractivity contribution < 1.29 is 0 Å². The number of rotatable bonds is 2. The van der Waals surface area contributed by atoms with Crippen LogP contribution in [0.25, 0.3) is 0 Å². The average Bonchev–Trinajstić information content (AvgIpc) is 2.24. The van der Waals surface area contributed by atoms with Crippen LogP contribution in [0, 0.1) is 0 Å². The van der Waals surface area contributed by atoms with Gasteiger partial charge in [0.2, 0.25) is 0 Å². The highest BCUT2D eigenvalue weighted by atomic mass is 14.7. The largest absolute Gasteiger partial charge is 0.292 e. The quantitative estimate of drug-likeness (QED) is 0.613. The van der Waals surface area contributed by atoms with Crippen LogP contribution in [0.3, 0.4) is 0 Å². The van der Waals surface area contributed by atoms with Gasteiger partial charge in [0.15, 0.2) is 0 Å². The van der Waals surface area contributed by atoms with Gasteiger partial charge < -0.3 is 0 Å². The lowest BCUT2D eigenvalue weighted by atomic mass is 10.1. The molecule has 1 aromatic carbocycles. The van der Waals surface area contributed by atoms with Gasteiger partial charge in [-0.25, -0.2) is 0 Å². The summed E-state index contributed by atoms with van der Waals surface area (Å²) in [6.07, 6.45) is 1.00. The molecule has 13 heavy (non-hydrogen) atoms. The molecule has 0 radical (unpaired) electrons. The Bertz CT molecular complexity index is 237. The zero-order valence-corrected chi connectivity index (χ0v) is 9.04. The fourth-order valence-corrected chi connectivity index (χ4v) is 1.12. The Labute approximate surface area is 81.5 Å². The Morgan fingerprint density at radius 2 is 1.69 bits per heavy atom.